The van der Waals surface area contributed by atoms with Crippen LogP contribution in [0.15, 0.2) is 12.1 Å². The molecule has 1 aromatic heterocycles. The number of nitrogens with zero attached hydrogens (tertiary/aromatic N) is 3. The van der Waals surface area contributed by atoms with Crippen molar-refractivity contribution in [1.82, 2.24) is 14.8 Å². The number of amides is 2. The van der Waals surface area contributed by atoms with Crippen LogP contribution in [0.2, 0.25) is 0 Å². The maximum Gasteiger partial charge on any atom is 0.410 e. The zero-order valence-electron chi connectivity index (χ0n) is 20.4. The molecule has 1 atom stereocenters. The summed E-state index contributed by atoms with van der Waals surface area (Å²) in [6.07, 6.45) is -1.03. The van der Waals surface area contributed by atoms with E-state index in [1.807, 2.05) is 0 Å². The number of piperazine rings is 1. The summed E-state index contributed by atoms with van der Waals surface area (Å²) in [6, 6.07) is 2.64. The Hall–Kier alpha value is -2.84. The molecular formula is C23H35N3O6. The lowest BCUT2D eigenvalue weighted by atomic mass is 10.0. The van der Waals surface area contributed by atoms with Gasteiger partial charge in [0, 0.05) is 18.8 Å². The summed E-state index contributed by atoms with van der Waals surface area (Å²) >= 11 is 0. The number of ether oxygens (including phenoxy) is 3. The van der Waals surface area contributed by atoms with E-state index in [0.717, 1.165) is 0 Å². The van der Waals surface area contributed by atoms with Gasteiger partial charge in [-0.25, -0.2) is 14.4 Å². The summed E-state index contributed by atoms with van der Waals surface area (Å²) in [5.74, 6) is -0.534. The molecule has 2 heterocycles. The minimum absolute atomic E-state index is 0.108. The van der Waals surface area contributed by atoms with Crippen molar-refractivity contribution >= 4 is 18.2 Å². The van der Waals surface area contributed by atoms with E-state index >= 15 is 0 Å². The maximum atomic E-state index is 13.0. The summed E-state index contributed by atoms with van der Waals surface area (Å²) in [6.45, 7) is 15.0. The van der Waals surface area contributed by atoms with Gasteiger partial charge >= 0.3 is 18.2 Å². The first-order valence-electron chi connectivity index (χ1n) is 10.8. The van der Waals surface area contributed by atoms with Gasteiger partial charge in [-0.2, -0.15) is 0 Å². The normalized spacial score (nSPS) is 17.1. The minimum Gasteiger partial charge on any atom is -0.462 e. The Bertz CT molecular complexity index is 856. The highest BCUT2D eigenvalue weighted by molar-refractivity contribution is 5.91. The Morgan fingerprint density at radius 3 is 2.16 bits per heavy atom. The third-order valence-corrected chi connectivity index (χ3v) is 4.54. The van der Waals surface area contributed by atoms with E-state index in [0.29, 0.717) is 11.4 Å². The number of carbonyl (C=O) groups is 3. The molecule has 9 heteroatoms. The summed E-state index contributed by atoms with van der Waals surface area (Å²) in [4.78, 5) is 46.0. The number of hydrogen-bond donors (Lipinski definition) is 0. The molecule has 1 aromatic rings. The predicted octanol–water partition coefficient (Wildman–Crippen LogP) is 4.10. The van der Waals surface area contributed by atoms with Gasteiger partial charge in [0.1, 0.15) is 11.2 Å². The van der Waals surface area contributed by atoms with Crippen LogP contribution >= 0.6 is 0 Å². The zero-order chi connectivity index (χ0) is 24.3. The largest absolute Gasteiger partial charge is 0.462 e. The molecule has 2 rings (SSSR count). The quantitative estimate of drug-likeness (QED) is 0.506. The highest BCUT2D eigenvalue weighted by Crippen LogP contribution is 2.30. The topological polar surface area (TPSA) is 98.3 Å². The Kier molecular flexibility index (Phi) is 7.74. The fourth-order valence-electron chi connectivity index (χ4n) is 3.26. The van der Waals surface area contributed by atoms with Gasteiger partial charge in [-0.15, -0.1) is 0 Å². The Morgan fingerprint density at radius 1 is 1.00 bits per heavy atom. The lowest BCUT2D eigenvalue weighted by Crippen LogP contribution is -2.54. The van der Waals surface area contributed by atoms with Gasteiger partial charge < -0.3 is 19.1 Å². The van der Waals surface area contributed by atoms with E-state index in [2.05, 4.69) is 4.98 Å². The van der Waals surface area contributed by atoms with Gasteiger partial charge in [-0.3, -0.25) is 9.88 Å². The molecule has 9 nitrogen and oxygen atoms in total. The van der Waals surface area contributed by atoms with Gasteiger partial charge in [0.25, 0.3) is 0 Å². The van der Waals surface area contributed by atoms with Gasteiger partial charge in [0.05, 0.1) is 30.5 Å². The van der Waals surface area contributed by atoms with Crippen molar-refractivity contribution in [1.29, 1.82) is 0 Å². The van der Waals surface area contributed by atoms with E-state index in [-0.39, 0.29) is 31.8 Å². The van der Waals surface area contributed by atoms with Gasteiger partial charge in [-0.1, -0.05) is 0 Å². The van der Waals surface area contributed by atoms with Crippen molar-refractivity contribution in [3.63, 3.8) is 0 Å². The third-order valence-electron chi connectivity index (χ3n) is 4.54. The molecule has 32 heavy (non-hydrogen) atoms. The average molecular weight is 450 g/mol. The van der Waals surface area contributed by atoms with Crippen LogP contribution in [0, 0.1) is 6.92 Å². The first kappa shape index (κ1) is 25.4. The summed E-state index contributed by atoms with van der Waals surface area (Å²) in [7, 11) is 0. The fraction of sp³-hybridized carbons (Fsp3) is 0.652. The number of carbonyl (C=O) groups excluding carboxylic acids is 3. The lowest BCUT2D eigenvalue weighted by Gasteiger charge is -2.41. The number of aromatic nitrogens is 1. The van der Waals surface area contributed by atoms with Crippen molar-refractivity contribution < 1.29 is 28.6 Å². The summed E-state index contributed by atoms with van der Waals surface area (Å²) < 4.78 is 16.3. The Balaban J connectivity index is 2.47. The second-order valence-corrected chi connectivity index (χ2v) is 9.72. The van der Waals surface area contributed by atoms with Crippen LogP contribution in [0.1, 0.15) is 76.3 Å². The van der Waals surface area contributed by atoms with Crippen molar-refractivity contribution in [2.24, 2.45) is 0 Å². The van der Waals surface area contributed by atoms with E-state index < -0.39 is 35.4 Å². The number of hydrogen-bond acceptors (Lipinski definition) is 7. The van der Waals surface area contributed by atoms with Gasteiger partial charge in [0.2, 0.25) is 0 Å². The van der Waals surface area contributed by atoms with E-state index in [4.69, 9.17) is 14.2 Å². The molecule has 0 saturated carbocycles. The smallest absolute Gasteiger partial charge is 0.410 e. The first-order valence-corrected chi connectivity index (χ1v) is 10.8. The molecule has 0 spiro atoms. The molecule has 1 fully saturated rings. The van der Waals surface area contributed by atoms with Crippen LogP contribution in [0.25, 0.3) is 0 Å². The second kappa shape index (κ2) is 9.75. The molecule has 0 aromatic carbocycles. The summed E-state index contributed by atoms with van der Waals surface area (Å²) in [5, 5.41) is 0. The molecular weight excluding hydrogens is 414 g/mol. The maximum absolute atomic E-state index is 13.0. The lowest BCUT2D eigenvalue weighted by molar-refractivity contribution is -0.0160. The molecule has 0 bridgehead atoms. The standard InChI is InChI=1S/C23H35N3O6/c1-9-30-19(27)16-11-10-15(2)24-18(16)17-14-25(20(28)31-22(3,4)5)12-13-26(17)21(29)32-23(6,7)8/h10-11,17H,9,12-14H2,1-8H3. The van der Waals surface area contributed by atoms with Crippen LogP contribution in [0.5, 0.6) is 0 Å². The molecule has 178 valence electrons. The molecule has 1 aliphatic rings. The number of aryl methyl sites for hydroxylation is 1. The van der Waals surface area contributed by atoms with E-state index in [9.17, 15) is 14.4 Å². The predicted molar refractivity (Wildman–Crippen MR) is 118 cm³/mol. The van der Waals surface area contributed by atoms with E-state index in [1.165, 1.54) is 9.80 Å². The highest BCUT2D eigenvalue weighted by Gasteiger charge is 2.39. The molecule has 0 N–H and O–H groups in total. The molecule has 2 amide bonds. The molecule has 1 aliphatic heterocycles. The van der Waals surface area contributed by atoms with Crippen molar-refractivity contribution in [3.8, 4) is 0 Å². The van der Waals surface area contributed by atoms with Crippen LogP contribution in [-0.2, 0) is 14.2 Å². The van der Waals surface area contributed by atoms with Crippen LogP contribution in [0.4, 0.5) is 9.59 Å². The van der Waals surface area contributed by atoms with Crippen LogP contribution in [0.3, 0.4) is 0 Å². The number of rotatable bonds is 3. The highest BCUT2D eigenvalue weighted by atomic mass is 16.6. The van der Waals surface area contributed by atoms with Crippen molar-refractivity contribution in [2.75, 3.05) is 26.2 Å². The van der Waals surface area contributed by atoms with Gasteiger partial charge in [0.15, 0.2) is 0 Å². The van der Waals surface area contributed by atoms with Crippen LogP contribution in [-0.4, -0.2) is 70.4 Å². The van der Waals surface area contributed by atoms with Crippen molar-refractivity contribution in [3.05, 3.63) is 29.1 Å². The van der Waals surface area contributed by atoms with Crippen molar-refractivity contribution in [2.45, 2.75) is 72.6 Å². The minimum atomic E-state index is -0.703. The zero-order valence-corrected chi connectivity index (χ0v) is 20.4. The number of pyridine rings is 1. The molecule has 1 saturated heterocycles. The molecule has 0 radical (unpaired) electrons. The molecule has 0 aliphatic carbocycles. The Morgan fingerprint density at radius 2 is 1.59 bits per heavy atom. The van der Waals surface area contributed by atoms with Crippen LogP contribution < -0.4 is 0 Å². The summed E-state index contributed by atoms with van der Waals surface area (Å²) in [5.41, 5.74) is -0.0725. The monoisotopic (exact) mass is 449 g/mol. The Labute approximate surface area is 190 Å². The third kappa shape index (κ3) is 6.83. The fourth-order valence-corrected chi connectivity index (χ4v) is 3.26. The molecule has 1 unspecified atom stereocenters. The average Bonchev–Trinajstić information content (AvgIpc) is 2.64. The second-order valence-electron chi connectivity index (χ2n) is 9.72. The van der Waals surface area contributed by atoms with E-state index in [1.54, 1.807) is 67.5 Å². The SMILES string of the molecule is CCOC(=O)c1ccc(C)nc1C1CN(C(=O)OC(C)(C)C)CCN1C(=O)OC(C)(C)C. The first-order chi connectivity index (χ1) is 14.7. The number of esters is 1. The van der Waals surface area contributed by atoms with Gasteiger partial charge in [-0.05, 0) is 67.5 Å².